The Morgan fingerprint density at radius 3 is 3.00 bits per heavy atom. The van der Waals surface area contributed by atoms with Crippen molar-refractivity contribution in [3.8, 4) is 0 Å². The van der Waals surface area contributed by atoms with Crippen molar-refractivity contribution in [2.45, 2.75) is 6.10 Å². The summed E-state index contributed by atoms with van der Waals surface area (Å²) in [6, 6.07) is 9.80. The fraction of sp³-hybridized carbons (Fsp3) is 0.417. The molecule has 4 nitrogen and oxygen atoms in total. The van der Waals surface area contributed by atoms with Crippen LogP contribution in [0.3, 0.4) is 0 Å². The van der Waals surface area contributed by atoms with E-state index in [4.69, 9.17) is 9.84 Å². The fourth-order valence-electron chi connectivity index (χ4n) is 1.73. The number of hydrogen-bond donors (Lipinski definition) is 1. The minimum Gasteiger partial charge on any atom is -0.394 e. The molecule has 1 amide bonds. The third-order valence-corrected chi connectivity index (χ3v) is 2.59. The van der Waals surface area contributed by atoms with Gasteiger partial charge in [-0.3, -0.25) is 4.79 Å². The Labute approximate surface area is 94.4 Å². The molecule has 1 N–H and O–H groups in total. The van der Waals surface area contributed by atoms with Gasteiger partial charge in [0.15, 0.2) is 0 Å². The molecule has 1 aromatic carbocycles. The first kappa shape index (κ1) is 11.1. The van der Waals surface area contributed by atoms with Gasteiger partial charge in [0.2, 0.25) is 0 Å². The average Bonchev–Trinajstić information content (AvgIpc) is 2.39. The van der Waals surface area contributed by atoms with Crippen molar-refractivity contribution in [2.24, 2.45) is 0 Å². The molecule has 1 aliphatic rings. The molecular weight excluding hydrogens is 206 g/mol. The highest BCUT2D eigenvalue weighted by molar-refractivity contribution is 5.94. The van der Waals surface area contributed by atoms with Crippen molar-refractivity contribution < 1.29 is 14.6 Å². The number of aliphatic hydroxyl groups excluding tert-OH is 1. The Kier molecular flexibility index (Phi) is 3.54. The highest BCUT2D eigenvalue weighted by atomic mass is 16.5. The van der Waals surface area contributed by atoms with Crippen molar-refractivity contribution in [3.05, 3.63) is 35.9 Å². The summed E-state index contributed by atoms with van der Waals surface area (Å²) in [5.41, 5.74) is 0.650. The van der Waals surface area contributed by atoms with Crippen molar-refractivity contribution >= 4 is 5.91 Å². The summed E-state index contributed by atoms with van der Waals surface area (Å²) in [6.07, 6.45) is -0.257. The van der Waals surface area contributed by atoms with Crippen molar-refractivity contribution in [1.82, 2.24) is 4.90 Å². The second-order valence-corrected chi connectivity index (χ2v) is 3.72. The topological polar surface area (TPSA) is 49.8 Å². The minimum absolute atomic E-state index is 0.0178. The fourth-order valence-corrected chi connectivity index (χ4v) is 1.73. The Hall–Kier alpha value is -1.39. The minimum atomic E-state index is -0.257. The second kappa shape index (κ2) is 5.09. The number of amides is 1. The molecule has 85 valence electrons. The van der Waals surface area contributed by atoms with Crippen LogP contribution < -0.4 is 0 Å². The molecule has 1 aromatic rings. The van der Waals surface area contributed by atoms with Crippen molar-refractivity contribution in [1.29, 1.82) is 0 Å². The van der Waals surface area contributed by atoms with Gasteiger partial charge in [-0.15, -0.1) is 0 Å². The maximum Gasteiger partial charge on any atom is 0.254 e. The Morgan fingerprint density at radius 2 is 2.31 bits per heavy atom. The van der Waals surface area contributed by atoms with Crippen LogP contribution in [0.4, 0.5) is 0 Å². The number of ether oxygens (including phenoxy) is 1. The summed E-state index contributed by atoms with van der Waals surface area (Å²) in [5, 5.41) is 8.99. The molecule has 1 atom stereocenters. The predicted molar refractivity (Wildman–Crippen MR) is 58.0 cm³/mol. The second-order valence-electron chi connectivity index (χ2n) is 3.72. The molecule has 1 saturated heterocycles. The van der Waals surface area contributed by atoms with Crippen LogP contribution >= 0.6 is 0 Å². The first-order chi connectivity index (χ1) is 7.81. The van der Waals surface area contributed by atoms with Crippen LogP contribution in [0.25, 0.3) is 0 Å². The van der Waals surface area contributed by atoms with Crippen molar-refractivity contribution in [2.75, 3.05) is 26.3 Å². The number of hydrogen-bond acceptors (Lipinski definition) is 3. The van der Waals surface area contributed by atoms with Crippen LogP contribution in [0.15, 0.2) is 24.3 Å². The predicted octanol–water partition coefficient (Wildman–Crippen LogP) is 0.320. The summed E-state index contributed by atoms with van der Waals surface area (Å²) in [7, 11) is 0. The molecule has 1 unspecified atom stereocenters. The number of carbonyl (C=O) groups is 1. The van der Waals surface area contributed by atoms with E-state index in [2.05, 4.69) is 6.07 Å². The van der Waals surface area contributed by atoms with E-state index < -0.39 is 0 Å². The zero-order valence-electron chi connectivity index (χ0n) is 8.93. The van der Waals surface area contributed by atoms with Gasteiger partial charge in [0, 0.05) is 18.7 Å². The molecule has 1 radical (unpaired) electrons. The first-order valence-corrected chi connectivity index (χ1v) is 5.29. The van der Waals surface area contributed by atoms with E-state index in [-0.39, 0.29) is 18.6 Å². The van der Waals surface area contributed by atoms with E-state index in [1.807, 2.05) is 0 Å². The Bertz CT molecular complexity index is 353. The van der Waals surface area contributed by atoms with E-state index in [9.17, 15) is 4.79 Å². The first-order valence-electron chi connectivity index (χ1n) is 5.29. The van der Waals surface area contributed by atoms with Gasteiger partial charge < -0.3 is 14.7 Å². The van der Waals surface area contributed by atoms with Crippen LogP contribution in [-0.2, 0) is 4.74 Å². The maximum atomic E-state index is 12.0. The largest absolute Gasteiger partial charge is 0.394 e. The molecule has 1 fully saturated rings. The molecule has 0 aliphatic carbocycles. The van der Waals surface area contributed by atoms with Gasteiger partial charge in [0.25, 0.3) is 5.91 Å². The lowest BCUT2D eigenvalue weighted by Crippen LogP contribution is -2.46. The van der Waals surface area contributed by atoms with Crippen LogP contribution in [0.2, 0.25) is 0 Å². The monoisotopic (exact) mass is 220 g/mol. The third kappa shape index (κ3) is 2.40. The summed E-state index contributed by atoms with van der Waals surface area (Å²) >= 11 is 0. The zero-order chi connectivity index (χ0) is 11.4. The zero-order valence-corrected chi connectivity index (χ0v) is 8.93. The summed E-state index contributed by atoms with van der Waals surface area (Å²) < 4.78 is 5.29. The van der Waals surface area contributed by atoms with Gasteiger partial charge in [-0.25, -0.2) is 0 Å². The highest BCUT2D eigenvalue weighted by Crippen LogP contribution is 2.10. The van der Waals surface area contributed by atoms with E-state index in [1.165, 1.54) is 0 Å². The lowest BCUT2D eigenvalue weighted by Gasteiger charge is -2.32. The highest BCUT2D eigenvalue weighted by Gasteiger charge is 2.24. The molecule has 1 aliphatic heterocycles. The lowest BCUT2D eigenvalue weighted by atomic mass is 10.2. The van der Waals surface area contributed by atoms with Gasteiger partial charge >= 0.3 is 0 Å². The molecule has 0 spiro atoms. The van der Waals surface area contributed by atoms with Crippen LogP contribution in [-0.4, -0.2) is 48.3 Å². The molecular formula is C12H14NO3. The molecule has 16 heavy (non-hydrogen) atoms. The maximum absolute atomic E-state index is 12.0. The Balaban J connectivity index is 2.05. The Morgan fingerprint density at radius 1 is 1.56 bits per heavy atom. The average molecular weight is 220 g/mol. The summed E-state index contributed by atoms with van der Waals surface area (Å²) in [6.45, 7) is 1.46. The number of carbonyl (C=O) groups excluding carboxylic acids is 1. The number of morpholine rings is 1. The van der Waals surface area contributed by atoms with Gasteiger partial charge in [-0.05, 0) is 18.2 Å². The van der Waals surface area contributed by atoms with Gasteiger partial charge in [0.05, 0.1) is 19.3 Å². The van der Waals surface area contributed by atoms with E-state index >= 15 is 0 Å². The SMILES string of the molecule is O=C(c1cc[c]cc1)N1CCOC(CO)C1. The van der Waals surface area contributed by atoms with Crippen LogP contribution in [0.5, 0.6) is 0 Å². The summed E-state index contributed by atoms with van der Waals surface area (Å²) in [4.78, 5) is 13.7. The standard InChI is InChI=1S/C12H14NO3/c14-9-11-8-13(6-7-16-11)12(15)10-4-2-1-3-5-10/h2-5,11,14H,6-9H2. The van der Waals surface area contributed by atoms with E-state index in [0.717, 1.165) is 0 Å². The smallest absolute Gasteiger partial charge is 0.254 e. The van der Waals surface area contributed by atoms with Gasteiger partial charge in [0.1, 0.15) is 0 Å². The number of aliphatic hydroxyl groups is 1. The van der Waals surface area contributed by atoms with Crippen LogP contribution in [0, 0.1) is 6.07 Å². The van der Waals surface area contributed by atoms with E-state index in [0.29, 0.717) is 25.3 Å². The van der Waals surface area contributed by atoms with Gasteiger partial charge in [-0.2, -0.15) is 0 Å². The quantitative estimate of drug-likeness (QED) is 0.781. The third-order valence-electron chi connectivity index (χ3n) is 2.59. The molecule has 0 aromatic heterocycles. The number of rotatable bonds is 2. The molecule has 0 saturated carbocycles. The number of benzene rings is 1. The van der Waals surface area contributed by atoms with Gasteiger partial charge in [-0.1, -0.05) is 12.1 Å². The van der Waals surface area contributed by atoms with Crippen LogP contribution in [0.1, 0.15) is 10.4 Å². The van der Waals surface area contributed by atoms with Crippen molar-refractivity contribution in [3.63, 3.8) is 0 Å². The number of nitrogens with zero attached hydrogens (tertiary/aromatic N) is 1. The molecule has 0 bridgehead atoms. The molecule has 1 heterocycles. The normalized spacial score (nSPS) is 20.8. The molecule has 4 heteroatoms. The van der Waals surface area contributed by atoms with E-state index in [1.54, 1.807) is 29.2 Å². The lowest BCUT2D eigenvalue weighted by molar-refractivity contribution is -0.0447. The summed E-state index contributed by atoms with van der Waals surface area (Å²) in [5.74, 6) is -0.0178. The molecule has 2 rings (SSSR count).